The van der Waals surface area contributed by atoms with Crippen LogP contribution in [0.3, 0.4) is 0 Å². The molecule has 0 aromatic carbocycles. The quantitative estimate of drug-likeness (QED) is 0.691. The van der Waals surface area contributed by atoms with Crippen molar-refractivity contribution in [3.8, 4) is 10.7 Å². The number of hydrogen-bond donors (Lipinski definition) is 0. The van der Waals surface area contributed by atoms with Gasteiger partial charge in [-0.1, -0.05) is 0 Å². The molecule has 2 heterocycles. The van der Waals surface area contributed by atoms with Gasteiger partial charge >= 0.3 is 0 Å². The van der Waals surface area contributed by atoms with Gasteiger partial charge in [0.1, 0.15) is 5.01 Å². The van der Waals surface area contributed by atoms with E-state index in [9.17, 15) is 0 Å². The van der Waals surface area contributed by atoms with Crippen LogP contribution in [-0.4, -0.2) is 9.97 Å². The summed E-state index contributed by atoms with van der Waals surface area (Å²) in [5.41, 5.74) is 2.19. The summed E-state index contributed by atoms with van der Waals surface area (Å²) in [6.07, 6.45) is 3.70. The Labute approximate surface area is 81.3 Å². The standard InChI is InChI=1S/C10H10N2S/c1-7-3-4-11-9(5-7)10-12-6-8(2)13-10/h3-6H,1-2H3. The first-order valence-corrected chi connectivity index (χ1v) is 4.93. The molecular formula is C10H10N2S. The van der Waals surface area contributed by atoms with Crippen molar-refractivity contribution in [2.24, 2.45) is 0 Å². The zero-order valence-corrected chi connectivity index (χ0v) is 8.43. The van der Waals surface area contributed by atoms with Gasteiger partial charge in [0.15, 0.2) is 0 Å². The number of hydrogen-bond acceptors (Lipinski definition) is 3. The Morgan fingerprint density at radius 1 is 1.23 bits per heavy atom. The highest BCUT2D eigenvalue weighted by Crippen LogP contribution is 2.22. The van der Waals surface area contributed by atoms with Crippen LogP contribution in [0.15, 0.2) is 24.5 Å². The molecule has 0 fully saturated rings. The molecule has 2 nitrogen and oxygen atoms in total. The molecule has 0 saturated carbocycles. The minimum atomic E-state index is 0.970. The lowest BCUT2D eigenvalue weighted by Crippen LogP contribution is -1.82. The fourth-order valence-electron chi connectivity index (χ4n) is 1.13. The molecule has 0 aliphatic carbocycles. The van der Waals surface area contributed by atoms with Gasteiger partial charge in [0, 0.05) is 17.3 Å². The van der Waals surface area contributed by atoms with Gasteiger partial charge in [0.2, 0.25) is 0 Å². The average Bonchev–Trinajstić information content (AvgIpc) is 2.52. The van der Waals surface area contributed by atoms with E-state index in [4.69, 9.17) is 0 Å². The second-order valence-electron chi connectivity index (χ2n) is 2.99. The SMILES string of the molecule is Cc1ccnc(-c2ncc(C)s2)c1. The van der Waals surface area contributed by atoms with Crippen LogP contribution < -0.4 is 0 Å². The third-order valence-electron chi connectivity index (χ3n) is 1.76. The summed E-state index contributed by atoms with van der Waals surface area (Å²) in [5, 5.41) is 1.00. The number of aryl methyl sites for hydroxylation is 2. The summed E-state index contributed by atoms with van der Waals surface area (Å²) in [6, 6.07) is 4.04. The molecule has 2 aromatic rings. The number of aromatic nitrogens is 2. The predicted octanol–water partition coefficient (Wildman–Crippen LogP) is 2.82. The first kappa shape index (κ1) is 8.38. The summed E-state index contributed by atoms with van der Waals surface area (Å²) >= 11 is 1.68. The fourth-order valence-corrected chi connectivity index (χ4v) is 1.86. The molecule has 0 atom stereocenters. The molecule has 0 spiro atoms. The van der Waals surface area contributed by atoms with Crippen LogP contribution in [0.2, 0.25) is 0 Å². The van der Waals surface area contributed by atoms with Gasteiger partial charge in [-0.15, -0.1) is 11.3 Å². The number of rotatable bonds is 1. The zero-order chi connectivity index (χ0) is 9.26. The third-order valence-corrected chi connectivity index (χ3v) is 2.69. The van der Waals surface area contributed by atoms with Gasteiger partial charge in [-0.3, -0.25) is 4.98 Å². The Morgan fingerprint density at radius 3 is 2.69 bits per heavy atom. The third kappa shape index (κ3) is 1.75. The van der Waals surface area contributed by atoms with Crippen molar-refractivity contribution >= 4 is 11.3 Å². The van der Waals surface area contributed by atoms with Crippen LogP contribution >= 0.6 is 11.3 Å². The molecule has 0 saturated heterocycles. The van der Waals surface area contributed by atoms with Crippen molar-refractivity contribution in [2.75, 3.05) is 0 Å². The van der Waals surface area contributed by atoms with Crippen molar-refractivity contribution in [3.05, 3.63) is 35.0 Å². The molecule has 0 unspecified atom stereocenters. The Balaban J connectivity index is 2.46. The maximum Gasteiger partial charge on any atom is 0.142 e. The van der Waals surface area contributed by atoms with Crippen LogP contribution in [0.4, 0.5) is 0 Å². The van der Waals surface area contributed by atoms with Crippen molar-refractivity contribution in [1.82, 2.24) is 9.97 Å². The molecule has 3 heteroatoms. The van der Waals surface area contributed by atoms with E-state index in [-0.39, 0.29) is 0 Å². The van der Waals surface area contributed by atoms with Gasteiger partial charge in [0.05, 0.1) is 5.69 Å². The van der Waals surface area contributed by atoms with Gasteiger partial charge in [-0.25, -0.2) is 4.98 Å². The molecule has 66 valence electrons. The van der Waals surface area contributed by atoms with E-state index >= 15 is 0 Å². The monoisotopic (exact) mass is 190 g/mol. The topological polar surface area (TPSA) is 25.8 Å². The van der Waals surface area contributed by atoms with Crippen LogP contribution in [0.1, 0.15) is 10.4 Å². The number of nitrogens with zero attached hydrogens (tertiary/aromatic N) is 2. The molecule has 2 aromatic heterocycles. The maximum absolute atomic E-state index is 4.28. The molecule has 0 bridgehead atoms. The lowest BCUT2D eigenvalue weighted by atomic mass is 10.2. The number of pyridine rings is 1. The number of thiazole rings is 1. The Bertz CT molecular complexity index is 420. The summed E-state index contributed by atoms with van der Waals surface area (Å²) in [7, 11) is 0. The van der Waals surface area contributed by atoms with Crippen LogP contribution in [0, 0.1) is 13.8 Å². The van der Waals surface area contributed by atoms with E-state index in [1.165, 1.54) is 10.4 Å². The van der Waals surface area contributed by atoms with Crippen LogP contribution in [0.25, 0.3) is 10.7 Å². The molecular weight excluding hydrogens is 180 g/mol. The Kier molecular flexibility index (Phi) is 2.10. The van der Waals surface area contributed by atoms with E-state index < -0.39 is 0 Å². The van der Waals surface area contributed by atoms with Crippen molar-refractivity contribution in [1.29, 1.82) is 0 Å². The first-order valence-electron chi connectivity index (χ1n) is 4.11. The highest BCUT2D eigenvalue weighted by molar-refractivity contribution is 7.14. The lowest BCUT2D eigenvalue weighted by Gasteiger charge is -1.95. The molecule has 0 amide bonds. The van der Waals surface area contributed by atoms with Gasteiger partial charge in [-0.2, -0.15) is 0 Å². The predicted molar refractivity (Wildman–Crippen MR) is 54.8 cm³/mol. The maximum atomic E-state index is 4.28. The zero-order valence-electron chi connectivity index (χ0n) is 7.61. The highest BCUT2D eigenvalue weighted by atomic mass is 32.1. The van der Waals surface area contributed by atoms with Gasteiger partial charge < -0.3 is 0 Å². The van der Waals surface area contributed by atoms with E-state index in [2.05, 4.69) is 29.9 Å². The minimum Gasteiger partial charge on any atom is -0.254 e. The van der Waals surface area contributed by atoms with Crippen LogP contribution in [-0.2, 0) is 0 Å². The summed E-state index contributed by atoms with van der Waals surface area (Å²) in [4.78, 5) is 9.77. The second kappa shape index (κ2) is 3.26. The normalized spacial score (nSPS) is 10.3. The highest BCUT2D eigenvalue weighted by Gasteiger charge is 2.02. The van der Waals surface area contributed by atoms with E-state index in [1.54, 1.807) is 11.3 Å². The molecule has 0 radical (unpaired) electrons. The second-order valence-corrected chi connectivity index (χ2v) is 4.23. The molecule has 0 N–H and O–H groups in total. The van der Waals surface area contributed by atoms with E-state index in [0.717, 1.165) is 10.7 Å². The van der Waals surface area contributed by atoms with Crippen molar-refractivity contribution < 1.29 is 0 Å². The Morgan fingerprint density at radius 2 is 2.08 bits per heavy atom. The van der Waals surface area contributed by atoms with Crippen molar-refractivity contribution in [3.63, 3.8) is 0 Å². The van der Waals surface area contributed by atoms with E-state index in [1.807, 2.05) is 18.5 Å². The summed E-state index contributed by atoms with van der Waals surface area (Å²) in [5.74, 6) is 0. The van der Waals surface area contributed by atoms with Gasteiger partial charge in [-0.05, 0) is 31.5 Å². The average molecular weight is 190 g/mol. The van der Waals surface area contributed by atoms with Gasteiger partial charge in [0.25, 0.3) is 0 Å². The Hall–Kier alpha value is -1.22. The minimum absolute atomic E-state index is 0.970. The fraction of sp³-hybridized carbons (Fsp3) is 0.200. The molecule has 0 aliphatic heterocycles. The molecule has 13 heavy (non-hydrogen) atoms. The lowest BCUT2D eigenvalue weighted by molar-refractivity contribution is 1.26. The molecule has 2 rings (SSSR count). The summed E-state index contributed by atoms with van der Waals surface area (Å²) < 4.78 is 0. The molecule has 0 aliphatic rings. The van der Waals surface area contributed by atoms with E-state index in [0.29, 0.717) is 0 Å². The smallest absolute Gasteiger partial charge is 0.142 e. The van der Waals surface area contributed by atoms with Crippen molar-refractivity contribution in [2.45, 2.75) is 13.8 Å². The van der Waals surface area contributed by atoms with Crippen LogP contribution in [0.5, 0.6) is 0 Å². The largest absolute Gasteiger partial charge is 0.254 e. The summed E-state index contributed by atoms with van der Waals surface area (Å²) in [6.45, 7) is 4.11. The first-order chi connectivity index (χ1) is 6.25.